The Morgan fingerprint density at radius 1 is 0.962 bits per heavy atom. The van der Waals surface area contributed by atoms with Crippen LogP contribution in [0.4, 0.5) is 0 Å². The van der Waals surface area contributed by atoms with Crippen molar-refractivity contribution in [3.63, 3.8) is 0 Å². The lowest BCUT2D eigenvalue weighted by molar-refractivity contribution is -0.179. The summed E-state index contributed by atoms with van der Waals surface area (Å²) in [5.41, 5.74) is 1.35. The van der Waals surface area contributed by atoms with E-state index >= 15 is 0 Å². The number of benzene rings is 2. The van der Waals surface area contributed by atoms with Gasteiger partial charge < -0.3 is 18.9 Å². The minimum Gasteiger partial charge on any atom is -0.497 e. The quantitative estimate of drug-likeness (QED) is 0.697. The Labute approximate surface area is 153 Å². The lowest BCUT2D eigenvalue weighted by atomic mass is 9.99. The molecule has 1 fully saturated rings. The first-order valence-corrected chi connectivity index (χ1v) is 8.80. The van der Waals surface area contributed by atoms with Gasteiger partial charge in [-0.05, 0) is 61.2 Å². The van der Waals surface area contributed by atoms with Gasteiger partial charge in [0, 0.05) is 12.2 Å². The molecule has 0 saturated carbocycles. The van der Waals surface area contributed by atoms with Gasteiger partial charge in [0.2, 0.25) is 0 Å². The van der Waals surface area contributed by atoms with E-state index in [0.29, 0.717) is 17.9 Å². The normalized spacial score (nSPS) is 18.2. The number of hydrogen-bond donors (Lipinski definition) is 0. The second kappa shape index (κ2) is 8.83. The van der Waals surface area contributed by atoms with Gasteiger partial charge in [0.05, 0.1) is 14.2 Å². The third-order valence-corrected chi connectivity index (χ3v) is 4.46. The van der Waals surface area contributed by atoms with Crippen LogP contribution in [0.15, 0.2) is 48.5 Å². The number of methoxy groups -OCH3 is 2. The minimum absolute atomic E-state index is 0.105. The van der Waals surface area contributed by atoms with Gasteiger partial charge in [-0.2, -0.15) is 0 Å². The number of ether oxygens (including phenoxy) is 4. The molecule has 26 heavy (non-hydrogen) atoms. The number of ketones is 1. The monoisotopic (exact) mass is 356 g/mol. The topological polar surface area (TPSA) is 54.0 Å². The lowest BCUT2D eigenvalue weighted by Gasteiger charge is -2.27. The summed E-state index contributed by atoms with van der Waals surface area (Å²) in [7, 11) is 3.21. The van der Waals surface area contributed by atoms with E-state index in [0.717, 1.165) is 30.6 Å². The molecule has 1 aliphatic heterocycles. The van der Waals surface area contributed by atoms with Crippen LogP contribution >= 0.6 is 0 Å². The average Bonchev–Trinajstić information content (AvgIpc) is 2.72. The Kier molecular flexibility index (Phi) is 6.26. The van der Waals surface area contributed by atoms with E-state index in [1.165, 1.54) is 0 Å². The van der Waals surface area contributed by atoms with Crippen molar-refractivity contribution < 1.29 is 23.7 Å². The predicted molar refractivity (Wildman–Crippen MR) is 97.7 cm³/mol. The summed E-state index contributed by atoms with van der Waals surface area (Å²) in [6.07, 6.45) is 1.77. The van der Waals surface area contributed by atoms with E-state index in [2.05, 4.69) is 0 Å². The summed E-state index contributed by atoms with van der Waals surface area (Å²) in [6, 6.07) is 14.4. The maximum absolute atomic E-state index is 13.1. The Morgan fingerprint density at radius 2 is 1.58 bits per heavy atom. The van der Waals surface area contributed by atoms with Crippen molar-refractivity contribution in [2.75, 3.05) is 20.8 Å². The first-order chi connectivity index (χ1) is 12.7. The fourth-order valence-corrected chi connectivity index (χ4v) is 2.95. The minimum atomic E-state index is -0.725. The second-order valence-electron chi connectivity index (χ2n) is 6.18. The molecule has 0 aromatic heterocycles. The summed E-state index contributed by atoms with van der Waals surface area (Å²) in [4.78, 5) is 13.1. The number of rotatable bonds is 7. The summed E-state index contributed by atoms with van der Waals surface area (Å²) in [5.74, 6) is 1.34. The van der Waals surface area contributed by atoms with E-state index in [4.69, 9.17) is 18.9 Å². The summed E-state index contributed by atoms with van der Waals surface area (Å²) < 4.78 is 22.1. The van der Waals surface area contributed by atoms with Gasteiger partial charge in [0.1, 0.15) is 17.6 Å². The summed E-state index contributed by atoms with van der Waals surface area (Å²) in [6.45, 7) is 0.663. The number of carbonyl (C=O) groups is 1. The molecular formula is C21H24O5. The van der Waals surface area contributed by atoms with E-state index in [1.807, 2.05) is 24.3 Å². The molecule has 2 unspecified atom stereocenters. The summed E-state index contributed by atoms with van der Waals surface area (Å²) in [5, 5.41) is 0. The van der Waals surface area contributed by atoms with Crippen LogP contribution in [0, 0.1) is 0 Å². The van der Waals surface area contributed by atoms with Crippen molar-refractivity contribution in [1.29, 1.82) is 0 Å². The first kappa shape index (κ1) is 18.4. The molecule has 0 radical (unpaired) electrons. The summed E-state index contributed by atoms with van der Waals surface area (Å²) >= 11 is 0. The molecule has 0 aliphatic carbocycles. The van der Waals surface area contributed by atoms with E-state index < -0.39 is 6.10 Å². The van der Waals surface area contributed by atoms with Crippen molar-refractivity contribution in [1.82, 2.24) is 0 Å². The van der Waals surface area contributed by atoms with Crippen molar-refractivity contribution in [2.45, 2.75) is 31.7 Å². The molecule has 2 aromatic rings. The van der Waals surface area contributed by atoms with Crippen molar-refractivity contribution >= 4 is 5.78 Å². The van der Waals surface area contributed by atoms with Gasteiger partial charge in [-0.15, -0.1) is 0 Å². The Hall–Kier alpha value is -2.37. The van der Waals surface area contributed by atoms with Crippen LogP contribution in [0.25, 0.3) is 0 Å². The van der Waals surface area contributed by atoms with E-state index in [-0.39, 0.29) is 12.1 Å². The van der Waals surface area contributed by atoms with Gasteiger partial charge in [-0.25, -0.2) is 0 Å². The fraction of sp³-hybridized carbons (Fsp3) is 0.381. The molecule has 0 spiro atoms. The first-order valence-electron chi connectivity index (χ1n) is 8.80. The third kappa shape index (κ3) is 4.42. The zero-order valence-electron chi connectivity index (χ0n) is 15.1. The maximum Gasteiger partial charge on any atom is 0.196 e. The van der Waals surface area contributed by atoms with Gasteiger partial charge in [-0.1, -0.05) is 12.1 Å². The molecule has 1 aliphatic rings. The van der Waals surface area contributed by atoms with Crippen LogP contribution in [0.1, 0.15) is 41.3 Å². The number of hydrogen-bond acceptors (Lipinski definition) is 5. The van der Waals surface area contributed by atoms with E-state index in [1.54, 1.807) is 38.5 Å². The molecule has 1 saturated heterocycles. The van der Waals surface area contributed by atoms with Crippen LogP contribution < -0.4 is 9.47 Å². The number of Topliss-reactive ketones (excluding diaryl/α,β-unsaturated/α-hetero) is 1. The molecule has 2 atom stereocenters. The highest BCUT2D eigenvalue weighted by Crippen LogP contribution is 2.29. The highest BCUT2D eigenvalue weighted by atomic mass is 16.7. The van der Waals surface area contributed by atoms with Crippen LogP contribution in [0.3, 0.4) is 0 Å². The zero-order chi connectivity index (χ0) is 18.4. The molecule has 2 aromatic carbocycles. The molecule has 0 bridgehead atoms. The van der Waals surface area contributed by atoms with Crippen LogP contribution in [-0.4, -0.2) is 32.9 Å². The second-order valence-corrected chi connectivity index (χ2v) is 6.18. The lowest BCUT2D eigenvalue weighted by Crippen LogP contribution is -2.28. The molecule has 138 valence electrons. The third-order valence-electron chi connectivity index (χ3n) is 4.46. The molecule has 5 heteroatoms. The fourth-order valence-electron chi connectivity index (χ4n) is 2.95. The molecular weight excluding hydrogens is 332 g/mol. The van der Waals surface area contributed by atoms with Gasteiger partial charge in [0.25, 0.3) is 0 Å². The van der Waals surface area contributed by atoms with E-state index in [9.17, 15) is 4.79 Å². The van der Waals surface area contributed by atoms with Crippen molar-refractivity contribution in [3.05, 3.63) is 59.7 Å². The Bertz CT molecular complexity index is 702. The van der Waals surface area contributed by atoms with Crippen molar-refractivity contribution in [2.24, 2.45) is 0 Å². The molecule has 3 rings (SSSR count). The Balaban J connectivity index is 1.85. The van der Waals surface area contributed by atoms with Crippen molar-refractivity contribution in [3.8, 4) is 11.5 Å². The van der Waals surface area contributed by atoms with Crippen LogP contribution in [0.2, 0.25) is 0 Å². The zero-order valence-corrected chi connectivity index (χ0v) is 15.1. The van der Waals surface area contributed by atoms with Gasteiger partial charge in [0.15, 0.2) is 12.1 Å². The standard InChI is InChI=1S/C21H24O5/c1-23-17-10-6-15(7-11-17)20(22)21(26-19-5-3-4-14-25-19)16-8-12-18(24-2)13-9-16/h6-13,19,21H,3-5,14H2,1-2H3. The largest absolute Gasteiger partial charge is 0.497 e. The Morgan fingerprint density at radius 3 is 2.12 bits per heavy atom. The molecule has 0 N–H and O–H groups in total. The average molecular weight is 356 g/mol. The SMILES string of the molecule is COc1ccc(C(=O)C(OC2CCCCO2)c2ccc(OC)cc2)cc1. The van der Waals surface area contributed by atoms with Crippen LogP contribution in [0.5, 0.6) is 11.5 Å². The number of carbonyl (C=O) groups excluding carboxylic acids is 1. The highest BCUT2D eigenvalue weighted by molar-refractivity contribution is 6.00. The molecule has 0 amide bonds. The molecule has 1 heterocycles. The predicted octanol–water partition coefficient (Wildman–Crippen LogP) is 4.17. The smallest absolute Gasteiger partial charge is 0.196 e. The molecule has 5 nitrogen and oxygen atoms in total. The maximum atomic E-state index is 13.1. The highest BCUT2D eigenvalue weighted by Gasteiger charge is 2.28. The van der Waals surface area contributed by atoms with Crippen LogP contribution in [-0.2, 0) is 9.47 Å². The van der Waals surface area contributed by atoms with Gasteiger partial charge >= 0.3 is 0 Å². The van der Waals surface area contributed by atoms with Gasteiger partial charge in [-0.3, -0.25) is 4.79 Å².